The van der Waals surface area contributed by atoms with E-state index in [4.69, 9.17) is 4.74 Å². The van der Waals surface area contributed by atoms with E-state index in [1.54, 1.807) is 13.2 Å². The number of hydrogen-bond donors (Lipinski definition) is 1. The highest BCUT2D eigenvalue weighted by Crippen LogP contribution is 2.33. The summed E-state index contributed by atoms with van der Waals surface area (Å²) in [6.45, 7) is 8.26. The van der Waals surface area contributed by atoms with Gasteiger partial charge < -0.3 is 9.72 Å². The second-order valence-corrected chi connectivity index (χ2v) is 5.35. The molecular weight excluding hydrogens is 216 g/mol. The van der Waals surface area contributed by atoms with Crippen LogP contribution in [0.2, 0.25) is 0 Å². The van der Waals surface area contributed by atoms with Crippen LogP contribution >= 0.6 is 0 Å². The van der Waals surface area contributed by atoms with Gasteiger partial charge in [-0.05, 0) is 11.8 Å². The summed E-state index contributed by atoms with van der Waals surface area (Å²) < 4.78 is 5.46. The molecule has 0 aliphatic rings. The third-order valence-corrected chi connectivity index (χ3v) is 2.59. The number of aromatic nitrogens is 2. The van der Waals surface area contributed by atoms with E-state index in [2.05, 4.69) is 37.7 Å². The van der Waals surface area contributed by atoms with Crippen molar-refractivity contribution in [2.45, 2.75) is 46.6 Å². The van der Waals surface area contributed by atoms with Gasteiger partial charge >= 0.3 is 0 Å². The second kappa shape index (κ2) is 5.45. The van der Waals surface area contributed by atoms with Crippen molar-refractivity contribution in [1.82, 2.24) is 9.97 Å². The van der Waals surface area contributed by atoms with Gasteiger partial charge in [0.1, 0.15) is 11.9 Å². The Morgan fingerprint density at radius 1 is 1.47 bits per heavy atom. The van der Waals surface area contributed by atoms with E-state index >= 15 is 0 Å². The molecule has 1 rings (SSSR count). The Hall–Kier alpha value is -1.16. The van der Waals surface area contributed by atoms with E-state index in [-0.39, 0.29) is 17.1 Å². The van der Waals surface area contributed by atoms with Crippen molar-refractivity contribution < 1.29 is 4.74 Å². The maximum atomic E-state index is 11.6. The molecule has 0 bridgehead atoms. The van der Waals surface area contributed by atoms with E-state index < -0.39 is 0 Å². The number of methoxy groups -OCH3 is 1. The van der Waals surface area contributed by atoms with Gasteiger partial charge in [0.25, 0.3) is 5.56 Å². The van der Waals surface area contributed by atoms with E-state index in [0.29, 0.717) is 5.82 Å². The first-order valence-corrected chi connectivity index (χ1v) is 6.01. The molecule has 17 heavy (non-hydrogen) atoms. The largest absolute Gasteiger partial charge is 0.373 e. The normalized spacial score (nSPS) is 13.7. The molecule has 1 N–H and O–H groups in total. The predicted octanol–water partition coefficient (Wildman–Crippen LogP) is 2.46. The Labute approximate surface area is 102 Å². The number of nitrogens with one attached hydrogen (secondary N) is 1. The molecule has 0 radical (unpaired) electrons. The van der Waals surface area contributed by atoms with Crippen molar-refractivity contribution in [2.24, 2.45) is 5.41 Å². The van der Waals surface area contributed by atoms with Crippen LogP contribution in [0.3, 0.4) is 0 Å². The maximum absolute atomic E-state index is 11.6. The zero-order chi connectivity index (χ0) is 13.1. The molecule has 0 aromatic carbocycles. The van der Waals surface area contributed by atoms with E-state index in [9.17, 15) is 4.79 Å². The first-order chi connectivity index (χ1) is 7.88. The van der Waals surface area contributed by atoms with Gasteiger partial charge in [-0.2, -0.15) is 0 Å². The van der Waals surface area contributed by atoms with Crippen LogP contribution in [0.25, 0.3) is 0 Å². The topological polar surface area (TPSA) is 55.0 Å². The summed E-state index contributed by atoms with van der Waals surface area (Å²) in [6.07, 6.45) is 1.59. The minimum Gasteiger partial charge on any atom is -0.373 e. The summed E-state index contributed by atoms with van der Waals surface area (Å²) in [5, 5.41) is 0. The molecule has 0 spiro atoms. The minimum atomic E-state index is -0.202. The molecule has 1 aromatic heterocycles. The summed E-state index contributed by atoms with van der Waals surface area (Å²) in [5.74, 6) is 0.621. The van der Waals surface area contributed by atoms with Gasteiger partial charge in [-0.15, -0.1) is 0 Å². The van der Waals surface area contributed by atoms with Crippen molar-refractivity contribution in [3.05, 3.63) is 27.9 Å². The maximum Gasteiger partial charge on any atom is 0.251 e. The molecule has 0 aliphatic carbocycles. The van der Waals surface area contributed by atoms with E-state index in [1.807, 2.05) is 0 Å². The standard InChI is InChI=1S/C13H22N2O2/c1-6-7-9-8-10(16)15-12(14-9)11(17-5)13(2,3)4/h8,11H,6-7H2,1-5H3,(H,14,15,16). The predicted molar refractivity (Wildman–Crippen MR) is 68.1 cm³/mol. The van der Waals surface area contributed by atoms with Crippen LogP contribution in [0.15, 0.2) is 10.9 Å². The molecule has 0 aliphatic heterocycles. The fraction of sp³-hybridized carbons (Fsp3) is 0.692. The van der Waals surface area contributed by atoms with Crippen LogP contribution in [0.4, 0.5) is 0 Å². The third-order valence-electron chi connectivity index (χ3n) is 2.59. The average Bonchev–Trinajstić information content (AvgIpc) is 2.15. The highest BCUT2D eigenvalue weighted by Gasteiger charge is 2.28. The zero-order valence-corrected chi connectivity index (χ0v) is 11.3. The third kappa shape index (κ3) is 3.66. The zero-order valence-electron chi connectivity index (χ0n) is 11.3. The van der Waals surface area contributed by atoms with Crippen molar-refractivity contribution in [3.63, 3.8) is 0 Å². The molecule has 4 nitrogen and oxygen atoms in total. The molecule has 4 heteroatoms. The highest BCUT2D eigenvalue weighted by atomic mass is 16.5. The van der Waals surface area contributed by atoms with Crippen molar-refractivity contribution in [3.8, 4) is 0 Å². The summed E-state index contributed by atoms with van der Waals surface area (Å²) in [4.78, 5) is 18.8. The first kappa shape index (κ1) is 13.9. The van der Waals surface area contributed by atoms with Crippen LogP contribution in [0.1, 0.15) is 51.7 Å². The summed E-state index contributed by atoms with van der Waals surface area (Å²) in [7, 11) is 1.64. The Morgan fingerprint density at radius 2 is 2.12 bits per heavy atom. The average molecular weight is 238 g/mol. The highest BCUT2D eigenvalue weighted by molar-refractivity contribution is 5.06. The number of aryl methyl sites for hydroxylation is 1. The lowest BCUT2D eigenvalue weighted by Crippen LogP contribution is -2.25. The van der Waals surface area contributed by atoms with Gasteiger partial charge in [-0.3, -0.25) is 4.79 Å². The molecule has 1 atom stereocenters. The molecule has 1 aromatic rings. The lowest BCUT2D eigenvalue weighted by molar-refractivity contribution is 0.00833. The first-order valence-electron chi connectivity index (χ1n) is 6.01. The Kier molecular flexibility index (Phi) is 4.46. The number of nitrogens with zero attached hydrogens (tertiary/aromatic N) is 1. The number of aromatic amines is 1. The molecule has 0 amide bonds. The minimum absolute atomic E-state index is 0.102. The van der Waals surface area contributed by atoms with Crippen LogP contribution in [-0.4, -0.2) is 17.1 Å². The Bertz CT molecular complexity index is 418. The Balaban J connectivity index is 3.16. The fourth-order valence-electron chi connectivity index (χ4n) is 1.91. The van der Waals surface area contributed by atoms with Gasteiger partial charge in [-0.25, -0.2) is 4.98 Å². The van der Waals surface area contributed by atoms with Gasteiger partial charge in [0.2, 0.25) is 0 Å². The summed E-state index contributed by atoms with van der Waals surface area (Å²) in [6, 6.07) is 1.56. The summed E-state index contributed by atoms with van der Waals surface area (Å²) >= 11 is 0. The van der Waals surface area contributed by atoms with Crippen LogP contribution in [0, 0.1) is 5.41 Å². The van der Waals surface area contributed by atoms with Crippen LogP contribution < -0.4 is 5.56 Å². The Morgan fingerprint density at radius 3 is 2.59 bits per heavy atom. The van der Waals surface area contributed by atoms with Gasteiger partial charge in [-0.1, -0.05) is 34.1 Å². The van der Waals surface area contributed by atoms with Crippen molar-refractivity contribution in [1.29, 1.82) is 0 Å². The monoisotopic (exact) mass is 238 g/mol. The number of ether oxygens (including phenoxy) is 1. The quantitative estimate of drug-likeness (QED) is 0.876. The molecule has 0 saturated carbocycles. The molecule has 0 saturated heterocycles. The van der Waals surface area contributed by atoms with Crippen LogP contribution in [-0.2, 0) is 11.2 Å². The number of H-pyrrole nitrogens is 1. The van der Waals surface area contributed by atoms with Crippen molar-refractivity contribution in [2.75, 3.05) is 7.11 Å². The van der Waals surface area contributed by atoms with Gasteiger partial charge in [0, 0.05) is 18.9 Å². The van der Waals surface area contributed by atoms with Crippen molar-refractivity contribution >= 4 is 0 Å². The fourth-order valence-corrected chi connectivity index (χ4v) is 1.91. The van der Waals surface area contributed by atoms with Crippen LogP contribution in [0.5, 0.6) is 0 Å². The van der Waals surface area contributed by atoms with Gasteiger partial charge in [0.15, 0.2) is 0 Å². The lowest BCUT2D eigenvalue weighted by Gasteiger charge is -2.28. The lowest BCUT2D eigenvalue weighted by atomic mass is 9.88. The summed E-state index contributed by atoms with van der Waals surface area (Å²) in [5.41, 5.74) is 0.623. The SMILES string of the molecule is CCCc1cc(=O)[nH]c(C(OC)C(C)(C)C)n1. The van der Waals surface area contributed by atoms with E-state index in [1.165, 1.54) is 0 Å². The smallest absolute Gasteiger partial charge is 0.251 e. The number of hydrogen-bond acceptors (Lipinski definition) is 3. The molecule has 0 fully saturated rings. The molecular formula is C13H22N2O2. The van der Waals surface area contributed by atoms with Gasteiger partial charge in [0.05, 0.1) is 0 Å². The van der Waals surface area contributed by atoms with E-state index in [0.717, 1.165) is 18.5 Å². The molecule has 1 unspecified atom stereocenters. The molecule has 1 heterocycles. The molecule has 96 valence electrons. The number of rotatable bonds is 4. The second-order valence-electron chi connectivity index (χ2n) is 5.35.